The Kier molecular flexibility index (Phi) is 4.53. The molecular formula is C20H28N4O2. The van der Waals surface area contributed by atoms with Crippen molar-refractivity contribution < 1.29 is 9.47 Å². The van der Waals surface area contributed by atoms with Gasteiger partial charge in [0, 0.05) is 55.2 Å². The molecule has 26 heavy (non-hydrogen) atoms. The van der Waals surface area contributed by atoms with E-state index in [1.54, 1.807) is 0 Å². The van der Waals surface area contributed by atoms with Crippen molar-refractivity contribution in [1.82, 2.24) is 15.1 Å². The number of anilines is 1. The first-order valence-electron chi connectivity index (χ1n) is 9.43. The number of nitrogens with one attached hydrogen (secondary N) is 1. The number of hydrogen-bond donors (Lipinski definition) is 1. The predicted molar refractivity (Wildman–Crippen MR) is 102 cm³/mol. The Morgan fingerprint density at radius 3 is 2.58 bits per heavy atom. The van der Waals surface area contributed by atoms with E-state index < -0.39 is 0 Å². The summed E-state index contributed by atoms with van der Waals surface area (Å²) in [6, 6.07) is 7.10. The zero-order valence-electron chi connectivity index (χ0n) is 16.1. The van der Waals surface area contributed by atoms with Gasteiger partial charge in [0.2, 0.25) is 6.79 Å². The van der Waals surface area contributed by atoms with Gasteiger partial charge in [0.15, 0.2) is 11.5 Å². The summed E-state index contributed by atoms with van der Waals surface area (Å²) < 4.78 is 12.9. The smallest absolute Gasteiger partial charge is 0.231 e. The van der Waals surface area contributed by atoms with Crippen LogP contribution >= 0.6 is 0 Å². The Bertz CT molecular complexity index is 793. The first-order chi connectivity index (χ1) is 12.5. The number of piperidine rings is 1. The van der Waals surface area contributed by atoms with Crippen molar-refractivity contribution in [3.63, 3.8) is 0 Å². The minimum Gasteiger partial charge on any atom is -0.454 e. The highest BCUT2D eigenvalue weighted by atomic mass is 16.7. The largest absolute Gasteiger partial charge is 0.454 e. The molecule has 140 valence electrons. The van der Waals surface area contributed by atoms with Gasteiger partial charge in [-0.3, -0.25) is 4.68 Å². The lowest BCUT2D eigenvalue weighted by Crippen LogP contribution is -2.43. The Labute approximate surface area is 155 Å². The molecule has 1 fully saturated rings. The number of nitrogens with zero attached hydrogens (tertiary/aromatic N) is 3. The SMILES string of the molecule is Cc1nn(C)c(C)c1C(C)NC1CCN(c2ccc3c(c2)OCO3)CC1. The van der Waals surface area contributed by atoms with Crippen LogP contribution in [0.15, 0.2) is 18.2 Å². The maximum absolute atomic E-state index is 5.51. The number of aryl methyl sites for hydroxylation is 2. The Hall–Kier alpha value is -2.21. The van der Waals surface area contributed by atoms with Crippen LogP contribution in [0.25, 0.3) is 0 Å². The molecule has 0 radical (unpaired) electrons. The van der Waals surface area contributed by atoms with Crippen LogP contribution in [0.2, 0.25) is 0 Å². The van der Waals surface area contributed by atoms with Crippen LogP contribution in [0.1, 0.15) is 42.8 Å². The molecule has 1 N–H and O–H groups in total. The molecule has 3 heterocycles. The Balaban J connectivity index is 1.36. The van der Waals surface area contributed by atoms with Gasteiger partial charge < -0.3 is 19.7 Å². The van der Waals surface area contributed by atoms with Crippen molar-refractivity contribution >= 4 is 5.69 Å². The Morgan fingerprint density at radius 2 is 1.88 bits per heavy atom. The van der Waals surface area contributed by atoms with Crippen molar-refractivity contribution in [2.75, 3.05) is 24.8 Å². The molecule has 0 saturated carbocycles. The van der Waals surface area contributed by atoms with E-state index >= 15 is 0 Å². The highest BCUT2D eigenvalue weighted by Crippen LogP contribution is 2.36. The second-order valence-corrected chi connectivity index (χ2v) is 7.40. The van der Waals surface area contributed by atoms with Gasteiger partial charge in [0.1, 0.15) is 0 Å². The lowest BCUT2D eigenvalue weighted by molar-refractivity contribution is 0.174. The molecule has 2 aliphatic rings. The lowest BCUT2D eigenvalue weighted by atomic mass is 10.00. The topological polar surface area (TPSA) is 51.6 Å². The van der Waals surface area contributed by atoms with Crippen LogP contribution in [0.4, 0.5) is 5.69 Å². The van der Waals surface area contributed by atoms with Gasteiger partial charge >= 0.3 is 0 Å². The average Bonchev–Trinajstić information content (AvgIpc) is 3.19. The fraction of sp³-hybridized carbons (Fsp3) is 0.550. The first kappa shape index (κ1) is 17.2. The minimum absolute atomic E-state index is 0.325. The van der Waals surface area contributed by atoms with E-state index in [4.69, 9.17) is 9.47 Å². The second-order valence-electron chi connectivity index (χ2n) is 7.40. The predicted octanol–water partition coefficient (Wildman–Crippen LogP) is 3.09. The third kappa shape index (κ3) is 3.14. The van der Waals surface area contributed by atoms with Gasteiger partial charge in [-0.15, -0.1) is 0 Å². The molecule has 1 aromatic carbocycles. The fourth-order valence-electron chi connectivity index (χ4n) is 4.24. The number of fused-ring (bicyclic) bond motifs is 1. The van der Waals surface area contributed by atoms with Crippen molar-refractivity contribution in [3.8, 4) is 11.5 Å². The van der Waals surface area contributed by atoms with Crippen LogP contribution < -0.4 is 19.7 Å². The molecule has 0 aliphatic carbocycles. The monoisotopic (exact) mass is 356 g/mol. The Morgan fingerprint density at radius 1 is 1.15 bits per heavy atom. The van der Waals surface area contributed by atoms with Gasteiger partial charge in [-0.25, -0.2) is 0 Å². The third-order valence-electron chi connectivity index (χ3n) is 5.70. The normalized spacial score (nSPS) is 18.4. The lowest BCUT2D eigenvalue weighted by Gasteiger charge is -2.35. The fourth-order valence-corrected chi connectivity index (χ4v) is 4.24. The van der Waals surface area contributed by atoms with E-state index in [1.165, 1.54) is 16.9 Å². The summed E-state index contributed by atoms with van der Waals surface area (Å²) in [5.41, 5.74) is 4.94. The van der Waals surface area contributed by atoms with E-state index in [2.05, 4.69) is 48.2 Å². The number of benzene rings is 1. The highest BCUT2D eigenvalue weighted by Gasteiger charge is 2.24. The van der Waals surface area contributed by atoms with Crippen LogP contribution in [0, 0.1) is 13.8 Å². The van der Waals surface area contributed by atoms with E-state index in [-0.39, 0.29) is 0 Å². The number of aromatic nitrogens is 2. The second kappa shape index (κ2) is 6.83. The molecule has 0 spiro atoms. The van der Waals surface area contributed by atoms with Gasteiger partial charge in [0.25, 0.3) is 0 Å². The van der Waals surface area contributed by atoms with E-state index in [9.17, 15) is 0 Å². The molecule has 2 aliphatic heterocycles. The molecule has 2 aromatic rings. The maximum Gasteiger partial charge on any atom is 0.231 e. The molecule has 1 saturated heterocycles. The van der Waals surface area contributed by atoms with Crippen LogP contribution in [-0.4, -0.2) is 35.7 Å². The third-order valence-corrected chi connectivity index (χ3v) is 5.70. The highest BCUT2D eigenvalue weighted by molar-refractivity contribution is 5.57. The zero-order valence-corrected chi connectivity index (χ0v) is 16.1. The molecule has 1 unspecified atom stereocenters. The van der Waals surface area contributed by atoms with Crippen LogP contribution in [0.3, 0.4) is 0 Å². The minimum atomic E-state index is 0.325. The van der Waals surface area contributed by atoms with E-state index in [1.807, 2.05) is 17.8 Å². The summed E-state index contributed by atoms with van der Waals surface area (Å²) >= 11 is 0. The van der Waals surface area contributed by atoms with Gasteiger partial charge in [-0.1, -0.05) is 0 Å². The van der Waals surface area contributed by atoms with Gasteiger partial charge in [-0.05, 0) is 45.7 Å². The quantitative estimate of drug-likeness (QED) is 0.912. The average molecular weight is 356 g/mol. The molecule has 6 heteroatoms. The van der Waals surface area contributed by atoms with Gasteiger partial charge in [0.05, 0.1) is 5.69 Å². The molecule has 6 nitrogen and oxygen atoms in total. The standard InChI is InChI=1S/C20H28N4O2/c1-13(20-14(2)22-23(4)15(20)3)21-16-7-9-24(10-8-16)17-5-6-18-19(11-17)26-12-25-18/h5-6,11,13,16,21H,7-10,12H2,1-4H3. The van der Waals surface area contributed by atoms with Crippen molar-refractivity contribution in [2.45, 2.75) is 45.7 Å². The molecule has 1 aromatic heterocycles. The molecular weight excluding hydrogens is 328 g/mol. The van der Waals surface area contributed by atoms with E-state index in [0.717, 1.165) is 43.1 Å². The molecule has 0 amide bonds. The number of ether oxygens (including phenoxy) is 2. The van der Waals surface area contributed by atoms with Crippen molar-refractivity contribution in [2.24, 2.45) is 7.05 Å². The van der Waals surface area contributed by atoms with Gasteiger partial charge in [-0.2, -0.15) is 5.10 Å². The summed E-state index contributed by atoms with van der Waals surface area (Å²) in [6.45, 7) is 8.93. The van der Waals surface area contributed by atoms with Crippen molar-refractivity contribution in [3.05, 3.63) is 35.2 Å². The van der Waals surface area contributed by atoms with E-state index in [0.29, 0.717) is 18.9 Å². The molecule has 1 atom stereocenters. The summed E-state index contributed by atoms with van der Waals surface area (Å²) in [5.74, 6) is 1.71. The number of hydrogen-bond acceptors (Lipinski definition) is 5. The molecule has 4 rings (SSSR count). The van der Waals surface area contributed by atoms with Crippen molar-refractivity contribution in [1.29, 1.82) is 0 Å². The van der Waals surface area contributed by atoms with Crippen LogP contribution in [-0.2, 0) is 7.05 Å². The summed E-state index contributed by atoms with van der Waals surface area (Å²) in [7, 11) is 2.02. The summed E-state index contributed by atoms with van der Waals surface area (Å²) in [5, 5.41) is 8.37. The molecule has 0 bridgehead atoms. The van der Waals surface area contributed by atoms with Crippen LogP contribution in [0.5, 0.6) is 11.5 Å². The number of rotatable bonds is 4. The summed E-state index contributed by atoms with van der Waals surface area (Å²) in [4.78, 5) is 2.44. The first-order valence-corrected chi connectivity index (χ1v) is 9.43. The summed E-state index contributed by atoms with van der Waals surface area (Å²) in [6.07, 6.45) is 2.27. The zero-order chi connectivity index (χ0) is 18.3. The maximum atomic E-state index is 5.51.